The molecular formula is C16H13N3O4. The van der Waals surface area contributed by atoms with Crippen LogP contribution in [0.3, 0.4) is 0 Å². The topological polar surface area (TPSA) is 92.9 Å². The normalized spacial score (nSPS) is 31.4. The zero-order valence-corrected chi connectivity index (χ0v) is 12.0. The minimum Gasteiger partial charge on any atom is -0.272 e. The molecule has 1 aromatic rings. The van der Waals surface area contributed by atoms with Crippen LogP contribution >= 0.6 is 0 Å². The highest BCUT2D eigenvalue weighted by molar-refractivity contribution is 6.06. The lowest BCUT2D eigenvalue weighted by molar-refractivity contribution is -0.384. The highest BCUT2D eigenvalue weighted by Crippen LogP contribution is 2.52. The zero-order chi connectivity index (χ0) is 16.1. The highest BCUT2D eigenvalue weighted by atomic mass is 16.6. The number of benzene rings is 1. The van der Waals surface area contributed by atoms with Gasteiger partial charge in [-0.3, -0.25) is 19.7 Å². The molecule has 2 bridgehead atoms. The minimum absolute atomic E-state index is 0.0207. The number of fused-ring (bicyclic) bond motifs is 5. The van der Waals surface area contributed by atoms with Crippen molar-refractivity contribution in [1.82, 2.24) is 5.01 Å². The smallest absolute Gasteiger partial charge is 0.269 e. The van der Waals surface area contributed by atoms with E-state index in [4.69, 9.17) is 0 Å². The van der Waals surface area contributed by atoms with Gasteiger partial charge in [-0.05, 0) is 36.0 Å². The number of carbonyl (C=O) groups excluding carboxylic acids is 2. The number of non-ortho nitro benzene ring substituents is 1. The van der Waals surface area contributed by atoms with Gasteiger partial charge in [0.1, 0.15) is 0 Å². The molecule has 0 radical (unpaired) electrons. The first kappa shape index (κ1) is 13.8. The molecule has 0 N–H and O–H groups in total. The van der Waals surface area contributed by atoms with Crippen molar-refractivity contribution in [2.75, 3.05) is 0 Å². The van der Waals surface area contributed by atoms with E-state index < -0.39 is 4.92 Å². The molecule has 0 aromatic heterocycles. The highest BCUT2D eigenvalue weighted by Gasteiger charge is 2.59. The first-order valence-corrected chi connectivity index (χ1v) is 7.41. The van der Waals surface area contributed by atoms with Crippen molar-refractivity contribution in [3.8, 4) is 0 Å². The monoisotopic (exact) mass is 311 g/mol. The SMILES string of the molecule is O=C1[C@H]2[C@H](C(=O)N1/N=C\c1ccc([N+](=O)[O-])cc1)[C@H]1C=C[C@H]2C1. The number of hydrazone groups is 1. The number of nitrogens with zero attached hydrogens (tertiary/aromatic N) is 3. The lowest BCUT2D eigenvalue weighted by Gasteiger charge is -2.13. The van der Waals surface area contributed by atoms with Gasteiger partial charge in [0.2, 0.25) is 0 Å². The summed E-state index contributed by atoms with van der Waals surface area (Å²) in [5.74, 6) is -0.718. The van der Waals surface area contributed by atoms with Crippen molar-refractivity contribution in [3.63, 3.8) is 0 Å². The molecule has 1 heterocycles. The molecule has 0 spiro atoms. The maximum Gasteiger partial charge on any atom is 0.269 e. The van der Waals surface area contributed by atoms with Gasteiger partial charge >= 0.3 is 0 Å². The summed E-state index contributed by atoms with van der Waals surface area (Å²) in [5.41, 5.74) is 0.571. The lowest BCUT2D eigenvalue weighted by atomic mass is 9.85. The summed E-state index contributed by atoms with van der Waals surface area (Å²) in [7, 11) is 0. The summed E-state index contributed by atoms with van der Waals surface area (Å²) in [4.78, 5) is 35.0. The minimum atomic E-state index is -0.488. The molecule has 23 heavy (non-hydrogen) atoms. The molecule has 0 unspecified atom stereocenters. The molecule has 7 heteroatoms. The Hall–Kier alpha value is -2.83. The molecule has 7 nitrogen and oxygen atoms in total. The van der Waals surface area contributed by atoms with Gasteiger partial charge in [-0.25, -0.2) is 0 Å². The molecule has 1 aromatic carbocycles. The van der Waals surface area contributed by atoms with Crippen LogP contribution < -0.4 is 0 Å². The standard InChI is InChI=1S/C16H13N3O4/c20-15-13-10-3-4-11(7-10)14(13)16(21)18(15)17-8-9-1-5-12(6-2-9)19(22)23/h1-6,8,10-11,13-14H,7H2/b17-8-/t10-,11-,13+,14+/m0/s1. The number of imide groups is 1. The number of hydrogen-bond donors (Lipinski definition) is 0. The van der Waals surface area contributed by atoms with Crippen LogP contribution in [0.2, 0.25) is 0 Å². The van der Waals surface area contributed by atoms with Gasteiger partial charge in [-0.2, -0.15) is 10.1 Å². The Morgan fingerprint density at radius 2 is 1.65 bits per heavy atom. The van der Waals surface area contributed by atoms with E-state index in [9.17, 15) is 19.7 Å². The van der Waals surface area contributed by atoms with Crippen molar-refractivity contribution in [2.24, 2.45) is 28.8 Å². The summed E-state index contributed by atoms with van der Waals surface area (Å²) < 4.78 is 0. The van der Waals surface area contributed by atoms with Gasteiger partial charge in [0.05, 0.1) is 23.0 Å². The Labute approximate surface area is 131 Å². The van der Waals surface area contributed by atoms with Gasteiger partial charge in [0.15, 0.2) is 0 Å². The Morgan fingerprint density at radius 3 is 2.17 bits per heavy atom. The average molecular weight is 311 g/mol. The van der Waals surface area contributed by atoms with Crippen LogP contribution in [-0.2, 0) is 9.59 Å². The van der Waals surface area contributed by atoms with Crippen LogP contribution in [0.4, 0.5) is 5.69 Å². The molecule has 3 aliphatic rings. The molecule has 1 saturated carbocycles. The Bertz CT molecular complexity index is 738. The second-order valence-corrected chi connectivity index (χ2v) is 6.08. The summed E-state index contributed by atoms with van der Waals surface area (Å²) in [5, 5.41) is 15.6. The number of carbonyl (C=O) groups is 2. The zero-order valence-electron chi connectivity index (χ0n) is 12.0. The molecule has 1 aliphatic heterocycles. The maximum atomic E-state index is 12.4. The van der Waals surface area contributed by atoms with E-state index in [0.717, 1.165) is 11.4 Å². The number of nitro groups is 1. The molecule has 2 amide bonds. The predicted octanol–water partition coefficient (Wildman–Crippen LogP) is 1.74. The van der Waals surface area contributed by atoms with Gasteiger partial charge < -0.3 is 0 Å². The summed E-state index contributed by atoms with van der Waals surface area (Å²) in [6, 6.07) is 5.76. The van der Waals surface area contributed by atoms with E-state index in [0.29, 0.717) is 5.56 Å². The number of hydrogen-bond acceptors (Lipinski definition) is 5. The molecule has 1 saturated heterocycles. The lowest BCUT2D eigenvalue weighted by Crippen LogP contribution is -2.28. The van der Waals surface area contributed by atoms with Crippen molar-refractivity contribution in [2.45, 2.75) is 6.42 Å². The van der Waals surface area contributed by atoms with E-state index in [1.54, 1.807) is 0 Å². The van der Waals surface area contributed by atoms with Crippen LogP contribution in [0.1, 0.15) is 12.0 Å². The van der Waals surface area contributed by atoms with E-state index in [1.807, 2.05) is 12.2 Å². The molecular weight excluding hydrogens is 298 g/mol. The fraction of sp³-hybridized carbons (Fsp3) is 0.312. The van der Waals surface area contributed by atoms with Crippen molar-refractivity contribution in [3.05, 3.63) is 52.1 Å². The van der Waals surface area contributed by atoms with Gasteiger partial charge in [-0.1, -0.05) is 12.2 Å². The maximum absolute atomic E-state index is 12.4. The van der Waals surface area contributed by atoms with Crippen LogP contribution in [0.15, 0.2) is 41.5 Å². The number of nitro benzene ring substituents is 1. The Morgan fingerprint density at radius 1 is 1.09 bits per heavy atom. The Balaban J connectivity index is 1.54. The van der Waals surface area contributed by atoms with Crippen LogP contribution in [0.5, 0.6) is 0 Å². The molecule has 4 atom stereocenters. The fourth-order valence-corrected chi connectivity index (χ4v) is 3.81. The second-order valence-electron chi connectivity index (χ2n) is 6.08. The second kappa shape index (κ2) is 4.84. The largest absolute Gasteiger partial charge is 0.272 e. The van der Waals surface area contributed by atoms with E-state index in [1.165, 1.54) is 30.5 Å². The number of rotatable bonds is 3. The van der Waals surface area contributed by atoms with Crippen LogP contribution in [-0.4, -0.2) is 28.0 Å². The molecule has 2 fully saturated rings. The Kier molecular flexibility index (Phi) is 2.90. The van der Waals surface area contributed by atoms with Crippen molar-refractivity contribution in [1.29, 1.82) is 0 Å². The summed E-state index contributed by atoms with van der Waals surface area (Å²) in [6.45, 7) is 0. The van der Waals surface area contributed by atoms with Crippen LogP contribution in [0, 0.1) is 33.8 Å². The number of allylic oxidation sites excluding steroid dienone is 2. The quantitative estimate of drug-likeness (QED) is 0.279. The fourth-order valence-electron chi connectivity index (χ4n) is 3.81. The third-order valence-electron chi connectivity index (χ3n) is 4.87. The molecule has 116 valence electrons. The van der Waals surface area contributed by atoms with Gasteiger partial charge in [0.25, 0.3) is 17.5 Å². The van der Waals surface area contributed by atoms with Crippen LogP contribution in [0.25, 0.3) is 0 Å². The van der Waals surface area contributed by atoms with Crippen molar-refractivity contribution < 1.29 is 14.5 Å². The first-order valence-electron chi connectivity index (χ1n) is 7.41. The predicted molar refractivity (Wildman–Crippen MR) is 80.3 cm³/mol. The summed E-state index contributed by atoms with van der Waals surface area (Å²) in [6.07, 6.45) is 6.32. The average Bonchev–Trinajstić information content (AvgIpc) is 3.21. The first-order chi connectivity index (χ1) is 11.1. The molecule has 4 rings (SSSR count). The van der Waals surface area contributed by atoms with E-state index >= 15 is 0 Å². The van der Waals surface area contributed by atoms with Gasteiger partial charge in [0, 0.05) is 12.1 Å². The van der Waals surface area contributed by atoms with E-state index in [2.05, 4.69) is 5.10 Å². The van der Waals surface area contributed by atoms with Crippen molar-refractivity contribution >= 4 is 23.7 Å². The summed E-state index contributed by atoms with van der Waals surface area (Å²) >= 11 is 0. The number of amides is 2. The third kappa shape index (κ3) is 2.00. The molecule has 2 aliphatic carbocycles. The third-order valence-corrected chi connectivity index (χ3v) is 4.87. The van der Waals surface area contributed by atoms with E-state index in [-0.39, 0.29) is 41.2 Å². The van der Waals surface area contributed by atoms with Gasteiger partial charge in [-0.15, -0.1) is 0 Å².